The topological polar surface area (TPSA) is 55.8 Å². The Morgan fingerprint density at radius 2 is 2.13 bits per heavy atom. The van der Waals surface area contributed by atoms with Gasteiger partial charge in [-0.2, -0.15) is 0 Å². The molecule has 1 atom stereocenters. The number of esters is 1. The number of hydrogen-bond donors (Lipinski definition) is 0. The van der Waals surface area contributed by atoms with Crippen molar-refractivity contribution < 1.29 is 19.1 Å². The van der Waals surface area contributed by atoms with Crippen LogP contribution >= 0.6 is 0 Å². The summed E-state index contributed by atoms with van der Waals surface area (Å²) in [6, 6.07) is 5.32. The average Bonchev–Trinajstić information content (AvgIpc) is 2.46. The first kappa shape index (κ1) is 17.3. The van der Waals surface area contributed by atoms with Crippen LogP contribution in [0.25, 0.3) is 0 Å². The largest absolute Gasteiger partial charge is 0.487 e. The highest BCUT2D eigenvalue weighted by Crippen LogP contribution is 2.34. The molecule has 0 aliphatic carbocycles. The minimum absolute atomic E-state index is 0.00844. The molecular formula is C18H25NO4. The van der Waals surface area contributed by atoms with Gasteiger partial charge in [-0.25, -0.2) is 0 Å². The molecule has 0 radical (unpaired) electrons. The first-order chi connectivity index (χ1) is 10.9. The predicted octanol–water partition coefficient (Wildman–Crippen LogP) is 3.07. The maximum Gasteiger partial charge on any atom is 0.325 e. The molecule has 0 fully saturated rings. The van der Waals surface area contributed by atoms with Crippen LogP contribution in [-0.2, 0) is 9.53 Å². The Morgan fingerprint density at radius 3 is 2.78 bits per heavy atom. The lowest BCUT2D eigenvalue weighted by Crippen LogP contribution is -2.41. The fourth-order valence-corrected chi connectivity index (χ4v) is 2.51. The van der Waals surface area contributed by atoms with Crippen LogP contribution in [0.3, 0.4) is 0 Å². The SMILES string of the molecule is CC(=O)c1ccc2c(c1)N(CC(=O)OCCC(C)C)CC(C)O2. The minimum atomic E-state index is -0.251. The highest BCUT2D eigenvalue weighted by molar-refractivity contribution is 5.95. The molecule has 2 rings (SSSR count). The summed E-state index contributed by atoms with van der Waals surface area (Å²) in [6.07, 6.45) is 0.838. The number of hydrogen-bond acceptors (Lipinski definition) is 5. The number of ketones is 1. The summed E-state index contributed by atoms with van der Waals surface area (Å²) in [5.41, 5.74) is 1.39. The van der Waals surface area contributed by atoms with Crippen molar-refractivity contribution in [3.05, 3.63) is 23.8 Å². The summed E-state index contributed by atoms with van der Waals surface area (Å²) < 4.78 is 11.1. The van der Waals surface area contributed by atoms with E-state index in [-0.39, 0.29) is 24.4 Å². The Labute approximate surface area is 137 Å². The lowest BCUT2D eigenvalue weighted by molar-refractivity contribution is -0.142. The summed E-state index contributed by atoms with van der Waals surface area (Å²) in [6.45, 7) is 8.87. The molecule has 1 aliphatic rings. The molecule has 0 saturated heterocycles. The molecule has 0 spiro atoms. The summed E-state index contributed by atoms with van der Waals surface area (Å²) in [7, 11) is 0. The molecular weight excluding hydrogens is 294 g/mol. The zero-order chi connectivity index (χ0) is 17.0. The fourth-order valence-electron chi connectivity index (χ4n) is 2.51. The van der Waals surface area contributed by atoms with Crippen molar-refractivity contribution in [1.82, 2.24) is 0 Å². The lowest BCUT2D eigenvalue weighted by Gasteiger charge is -2.34. The zero-order valence-electron chi connectivity index (χ0n) is 14.3. The maximum atomic E-state index is 12.1. The first-order valence-electron chi connectivity index (χ1n) is 8.09. The van der Waals surface area contributed by atoms with E-state index in [2.05, 4.69) is 13.8 Å². The van der Waals surface area contributed by atoms with Crippen LogP contribution in [-0.4, -0.2) is 37.6 Å². The van der Waals surface area contributed by atoms with Gasteiger partial charge in [-0.05, 0) is 44.4 Å². The van der Waals surface area contributed by atoms with Gasteiger partial charge >= 0.3 is 5.97 Å². The standard InChI is InChI=1S/C18H25NO4/c1-12(2)7-8-22-18(21)11-19-10-13(3)23-17-6-5-15(14(4)20)9-16(17)19/h5-6,9,12-13H,7-8,10-11H2,1-4H3. The molecule has 5 heteroatoms. The van der Waals surface area contributed by atoms with Gasteiger partial charge < -0.3 is 14.4 Å². The van der Waals surface area contributed by atoms with Gasteiger partial charge in [0.25, 0.3) is 0 Å². The minimum Gasteiger partial charge on any atom is -0.487 e. The summed E-state index contributed by atoms with van der Waals surface area (Å²) in [5.74, 6) is 0.943. The highest BCUT2D eigenvalue weighted by atomic mass is 16.5. The Hall–Kier alpha value is -2.04. The normalized spacial score (nSPS) is 16.7. The molecule has 126 valence electrons. The number of carbonyl (C=O) groups excluding carboxylic acids is 2. The van der Waals surface area contributed by atoms with E-state index in [1.54, 1.807) is 18.2 Å². The van der Waals surface area contributed by atoms with Crippen molar-refractivity contribution in [3.8, 4) is 5.75 Å². The Kier molecular flexibility index (Phi) is 5.64. The van der Waals surface area contributed by atoms with Gasteiger partial charge in [-0.1, -0.05) is 13.8 Å². The van der Waals surface area contributed by atoms with Crippen molar-refractivity contribution in [2.75, 3.05) is 24.6 Å². The molecule has 0 saturated carbocycles. The number of nitrogens with zero attached hydrogens (tertiary/aromatic N) is 1. The van der Waals surface area contributed by atoms with Crippen molar-refractivity contribution in [3.63, 3.8) is 0 Å². The second-order valence-corrected chi connectivity index (χ2v) is 6.45. The molecule has 23 heavy (non-hydrogen) atoms. The number of anilines is 1. The fraction of sp³-hybridized carbons (Fsp3) is 0.556. The average molecular weight is 319 g/mol. The molecule has 1 unspecified atom stereocenters. The highest BCUT2D eigenvalue weighted by Gasteiger charge is 2.25. The maximum absolute atomic E-state index is 12.1. The van der Waals surface area contributed by atoms with E-state index in [9.17, 15) is 9.59 Å². The van der Waals surface area contributed by atoms with Crippen LogP contribution in [0.5, 0.6) is 5.75 Å². The Balaban J connectivity index is 2.09. The third-order valence-electron chi connectivity index (χ3n) is 3.79. The van der Waals surface area contributed by atoms with Crippen molar-refractivity contribution in [2.45, 2.75) is 40.2 Å². The van der Waals surface area contributed by atoms with Crippen molar-refractivity contribution in [2.24, 2.45) is 5.92 Å². The van der Waals surface area contributed by atoms with Crippen LogP contribution in [0, 0.1) is 5.92 Å². The smallest absolute Gasteiger partial charge is 0.325 e. The second-order valence-electron chi connectivity index (χ2n) is 6.45. The van der Waals surface area contributed by atoms with Crippen LogP contribution in [0.2, 0.25) is 0 Å². The number of rotatable bonds is 6. The number of ether oxygens (including phenoxy) is 2. The van der Waals surface area contributed by atoms with E-state index >= 15 is 0 Å². The van der Waals surface area contributed by atoms with Gasteiger partial charge in [0.15, 0.2) is 5.78 Å². The lowest BCUT2D eigenvalue weighted by atomic mass is 10.1. The van der Waals surface area contributed by atoms with Crippen LogP contribution < -0.4 is 9.64 Å². The Morgan fingerprint density at radius 1 is 1.39 bits per heavy atom. The Bertz CT molecular complexity index is 582. The van der Waals surface area contributed by atoms with E-state index in [1.165, 1.54) is 6.92 Å². The third-order valence-corrected chi connectivity index (χ3v) is 3.79. The number of carbonyl (C=O) groups is 2. The molecule has 0 aromatic heterocycles. The van der Waals surface area contributed by atoms with Gasteiger partial charge in [0.05, 0.1) is 18.8 Å². The van der Waals surface area contributed by atoms with Gasteiger partial charge in [0.2, 0.25) is 0 Å². The van der Waals surface area contributed by atoms with Gasteiger partial charge in [0, 0.05) is 5.56 Å². The van der Waals surface area contributed by atoms with E-state index in [1.807, 2.05) is 11.8 Å². The summed E-state index contributed by atoms with van der Waals surface area (Å²) >= 11 is 0. The first-order valence-corrected chi connectivity index (χ1v) is 8.09. The van der Waals surface area contributed by atoms with E-state index in [0.29, 0.717) is 30.4 Å². The number of benzene rings is 1. The van der Waals surface area contributed by atoms with Gasteiger partial charge in [-0.15, -0.1) is 0 Å². The molecule has 0 bridgehead atoms. The van der Waals surface area contributed by atoms with Crippen LogP contribution in [0.1, 0.15) is 44.5 Å². The quantitative estimate of drug-likeness (QED) is 0.596. The molecule has 1 aromatic carbocycles. The van der Waals surface area contributed by atoms with E-state index < -0.39 is 0 Å². The van der Waals surface area contributed by atoms with Gasteiger partial charge in [0.1, 0.15) is 18.4 Å². The van der Waals surface area contributed by atoms with Crippen molar-refractivity contribution in [1.29, 1.82) is 0 Å². The molecule has 5 nitrogen and oxygen atoms in total. The zero-order valence-corrected chi connectivity index (χ0v) is 14.3. The number of fused-ring (bicyclic) bond motifs is 1. The summed E-state index contributed by atoms with van der Waals surface area (Å²) in [4.78, 5) is 25.6. The molecule has 0 amide bonds. The number of Topliss-reactive ketones (excluding diaryl/α,β-unsaturated/α-hetero) is 1. The molecule has 1 aliphatic heterocycles. The van der Waals surface area contributed by atoms with Crippen LogP contribution in [0.15, 0.2) is 18.2 Å². The van der Waals surface area contributed by atoms with Gasteiger partial charge in [-0.3, -0.25) is 9.59 Å². The predicted molar refractivity (Wildman–Crippen MR) is 89.2 cm³/mol. The molecule has 1 heterocycles. The molecule has 1 aromatic rings. The van der Waals surface area contributed by atoms with Crippen LogP contribution in [0.4, 0.5) is 5.69 Å². The van der Waals surface area contributed by atoms with Crippen molar-refractivity contribution >= 4 is 17.4 Å². The monoisotopic (exact) mass is 319 g/mol. The van der Waals surface area contributed by atoms with E-state index in [0.717, 1.165) is 12.1 Å². The third kappa shape index (κ3) is 4.71. The second kappa shape index (κ2) is 7.49. The van der Waals surface area contributed by atoms with E-state index in [4.69, 9.17) is 9.47 Å². The molecule has 0 N–H and O–H groups in total. The summed E-state index contributed by atoms with van der Waals surface area (Å²) in [5, 5.41) is 0.